The molecule has 0 spiro atoms. The van der Waals surface area contributed by atoms with Gasteiger partial charge in [0.1, 0.15) is 0 Å². The van der Waals surface area contributed by atoms with Crippen LogP contribution in [0, 0.1) is 11.8 Å². The second-order valence-corrected chi connectivity index (χ2v) is 6.89. The number of ether oxygens (including phenoxy) is 1. The molecule has 4 nitrogen and oxygen atoms in total. The molecule has 1 aromatic rings. The Morgan fingerprint density at radius 2 is 1.79 bits per heavy atom. The van der Waals surface area contributed by atoms with Crippen LogP contribution in [0.2, 0.25) is 0 Å². The van der Waals surface area contributed by atoms with Crippen LogP contribution in [-0.2, 0) is 16.1 Å². The first-order valence-electron chi connectivity index (χ1n) is 8.91. The molecule has 2 aliphatic rings. The summed E-state index contributed by atoms with van der Waals surface area (Å²) in [6, 6.07) is 10.3. The second kappa shape index (κ2) is 10.0. The normalized spacial score (nSPS) is 18.0. The first-order chi connectivity index (χ1) is 11.3. The Bertz CT molecular complexity index is 487. The Hall–Kier alpha value is -1.10. The van der Waals surface area contributed by atoms with Crippen molar-refractivity contribution in [1.82, 2.24) is 10.2 Å². The largest absolute Gasteiger partial charge is 0.381 e. The molecule has 1 aromatic carbocycles. The Kier molecular flexibility index (Phi) is 8.03. The molecule has 1 saturated carbocycles. The van der Waals surface area contributed by atoms with E-state index in [9.17, 15) is 4.79 Å². The van der Waals surface area contributed by atoms with Crippen molar-refractivity contribution in [2.45, 2.75) is 32.2 Å². The van der Waals surface area contributed by atoms with Crippen molar-refractivity contribution in [3.8, 4) is 0 Å². The van der Waals surface area contributed by atoms with Crippen molar-refractivity contribution in [3.63, 3.8) is 0 Å². The zero-order chi connectivity index (χ0) is 15.9. The van der Waals surface area contributed by atoms with Crippen molar-refractivity contribution in [3.05, 3.63) is 35.9 Å². The standard InChI is InChI=1S/C19H28N2O2.ClH/c22-19(13-20-12-16-6-7-16)21(14-17-4-2-1-3-5-17)15-18-8-10-23-11-9-18;/h1-5,16,18,20H,6-15H2;1H. The van der Waals surface area contributed by atoms with Crippen LogP contribution in [0.15, 0.2) is 30.3 Å². The highest BCUT2D eigenvalue weighted by Crippen LogP contribution is 2.27. The summed E-state index contributed by atoms with van der Waals surface area (Å²) >= 11 is 0. The summed E-state index contributed by atoms with van der Waals surface area (Å²) in [6.07, 6.45) is 4.76. The molecule has 0 atom stereocenters. The summed E-state index contributed by atoms with van der Waals surface area (Å²) in [7, 11) is 0. The number of hydrogen-bond acceptors (Lipinski definition) is 3. The van der Waals surface area contributed by atoms with Crippen LogP contribution in [0.4, 0.5) is 0 Å². The van der Waals surface area contributed by atoms with Gasteiger partial charge in [-0.25, -0.2) is 0 Å². The fourth-order valence-corrected chi connectivity index (χ4v) is 3.12. The lowest BCUT2D eigenvalue weighted by Gasteiger charge is -2.30. The second-order valence-electron chi connectivity index (χ2n) is 6.89. The van der Waals surface area contributed by atoms with Crippen LogP contribution >= 0.6 is 12.4 Å². The van der Waals surface area contributed by atoms with Gasteiger partial charge in [-0.05, 0) is 49.6 Å². The highest BCUT2D eigenvalue weighted by molar-refractivity contribution is 5.85. The predicted molar refractivity (Wildman–Crippen MR) is 98.2 cm³/mol. The maximum atomic E-state index is 12.7. The van der Waals surface area contributed by atoms with E-state index in [-0.39, 0.29) is 18.3 Å². The minimum atomic E-state index is 0. The zero-order valence-electron chi connectivity index (χ0n) is 14.3. The maximum Gasteiger partial charge on any atom is 0.236 e. The number of nitrogens with zero attached hydrogens (tertiary/aromatic N) is 1. The summed E-state index contributed by atoms with van der Waals surface area (Å²) < 4.78 is 5.44. The third-order valence-corrected chi connectivity index (χ3v) is 4.79. The molecule has 1 heterocycles. The van der Waals surface area contributed by atoms with E-state index in [4.69, 9.17) is 4.74 Å². The quantitative estimate of drug-likeness (QED) is 0.782. The number of halogens is 1. The number of benzene rings is 1. The predicted octanol–water partition coefficient (Wildman–Crippen LogP) is 2.86. The number of nitrogens with one attached hydrogen (secondary N) is 1. The molecule has 0 aromatic heterocycles. The fourth-order valence-electron chi connectivity index (χ4n) is 3.12. The molecule has 0 radical (unpaired) electrons. The van der Waals surface area contributed by atoms with Gasteiger partial charge < -0.3 is 15.0 Å². The lowest BCUT2D eigenvalue weighted by molar-refractivity contribution is -0.132. The minimum Gasteiger partial charge on any atom is -0.381 e. The third-order valence-electron chi connectivity index (χ3n) is 4.79. The van der Waals surface area contributed by atoms with E-state index in [2.05, 4.69) is 17.4 Å². The van der Waals surface area contributed by atoms with Gasteiger partial charge in [-0.2, -0.15) is 0 Å². The van der Waals surface area contributed by atoms with Gasteiger partial charge in [0, 0.05) is 26.3 Å². The van der Waals surface area contributed by atoms with E-state index in [1.54, 1.807) is 0 Å². The Morgan fingerprint density at radius 1 is 1.08 bits per heavy atom. The van der Waals surface area contributed by atoms with Crippen molar-refractivity contribution in [1.29, 1.82) is 0 Å². The SMILES string of the molecule is Cl.O=C(CNCC1CC1)N(Cc1ccccc1)CC1CCOCC1. The molecule has 0 bridgehead atoms. The van der Waals surface area contributed by atoms with Gasteiger partial charge in [0.2, 0.25) is 5.91 Å². The highest BCUT2D eigenvalue weighted by atomic mass is 35.5. The van der Waals surface area contributed by atoms with E-state index in [1.807, 2.05) is 23.1 Å². The molecular weight excluding hydrogens is 324 g/mol. The average molecular weight is 353 g/mol. The molecule has 1 amide bonds. The molecular formula is C19H29ClN2O2. The topological polar surface area (TPSA) is 41.6 Å². The molecule has 2 fully saturated rings. The molecule has 1 aliphatic heterocycles. The van der Waals surface area contributed by atoms with E-state index >= 15 is 0 Å². The molecule has 3 rings (SSSR count). The first-order valence-corrected chi connectivity index (χ1v) is 8.91. The number of amides is 1. The number of rotatable bonds is 8. The molecule has 1 aliphatic carbocycles. The van der Waals surface area contributed by atoms with E-state index < -0.39 is 0 Å². The lowest BCUT2D eigenvalue weighted by Crippen LogP contribution is -2.41. The molecule has 134 valence electrons. The van der Waals surface area contributed by atoms with Gasteiger partial charge >= 0.3 is 0 Å². The van der Waals surface area contributed by atoms with E-state index in [0.29, 0.717) is 19.0 Å². The van der Waals surface area contributed by atoms with Crippen LogP contribution in [0.1, 0.15) is 31.2 Å². The van der Waals surface area contributed by atoms with E-state index in [0.717, 1.165) is 45.1 Å². The molecule has 5 heteroatoms. The van der Waals surface area contributed by atoms with Crippen molar-refractivity contribution >= 4 is 18.3 Å². The Balaban J connectivity index is 0.00000208. The van der Waals surface area contributed by atoms with Crippen LogP contribution in [0.3, 0.4) is 0 Å². The number of carbonyl (C=O) groups is 1. The average Bonchev–Trinajstić information content (AvgIpc) is 3.40. The third kappa shape index (κ3) is 6.42. The van der Waals surface area contributed by atoms with Gasteiger partial charge in [0.05, 0.1) is 6.54 Å². The number of hydrogen-bond donors (Lipinski definition) is 1. The summed E-state index contributed by atoms with van der Waals surface area (Å²) in [4.78, 5) is 14.7. The van der Waals surface area contributed by atoms with Crippen molar-refractivity contribution in [2.75, 3.05) is 32.8 Å². The fraction of sp³-hybridized carbons (Fsp3) is 0.632. The summed E-state index contributed by atoms with van der Waals surface area (Å²) in [6.45, 7) is 4.68. The first kappa shape index (κ1) is 19.2. The smallest absolute Gasteiger partial charge is 0.236 e. The number of carbonyl (C=O) groups excluding carboxylic acids is 1. The van der Waals surface area contributed by atoms with E-state index in [1.165, 1.54) is 18.4 Å². The molecule has 1 saturated heterocycles. The van der Waals surface area contributed by atoms with Crippen LogP contribution in [0.5, 0.6) is 0 Å². The summed E-state index contributed by atoms with van der Waals surface area (Å²) in [5.74, 6) is 1.60. The molecule has 0 unspecified atom stereocenters. The zero-order valence-corrected chi connectivity index (χ0v) is 15.1. The molecule has 24 heavy (non-hydrogen) atoms. The maximum absolute atomic E-state index is 12.7. The van der Waals surface area contributed by atoms with Crippen LogP contribution in [-0.4, -0.2) is 43.7 Å². The van der Waals surface area contributed by atoms with Crippen molar-refractivity contribution < 1.29 is 9.53 Å². The van der Waals surface area contributed by atoms with Gasteiger partial charge in [0.25, 0.3) is 0 Å². The van der Waals surface area contributed by atoms with Crippen molar-refractivity contribution in [2.24, 2.45) is 11.8 Å². The monoisotopic (exact) mass is 352 g/mol. The summed E-state index contributed by atoms with van der Waals surface area (Å²) in [5, 5.41) is 3.33. The van der Waals surface area contributed by atoms with Gasteiger partial charge in [-0.15, -0.1) is 12.4 Å². The van der Waals surface area contributed by atoms with Gasteiger partial charge in [0.15, 0.2) is 0 Å². The minimum absolute atomic E-state index is 0. The van der Waals surface area contributed by atoms with Crippen LogP contribution in [0.25, 0.3) is 0 Å². The molecule has 1 N–H and O–H groups in total. The highest BCUT2D eigenvalue weighted by Gasteiger charge is 2.23. The Morgan fingerprint density at radius 3 is 2.46 bits per heavy atom. The lowest BCUT2D eigenvalue weighted by atomic mass is 9.99. The van der Waals surface area contributed by atoms with Crippen LogP contribution < -0.4 is 5.32 Å². The van der Waals surface area contributed by atoms with Gasteiger partial charge in [-0.1, -0.05) is 30.3 Å². The summed E-state index contributed by atoms with van der Waals surface area (Å²) in [5.41, 5.74) is 1.20. The Labute approximate surface area is 151 Å². The van der Waals surface area contributed by atoms with Gasteiger partial charge in [-0.3, -0.25) is 4.79 Å².